The fraction of sp³-hybridized carbons (Fsp3) is 0.480. The molecule has 0 radical (unpaired) electrons. The zero-order valence-corrected chi connectivity index (χ0v) is 38.6. The Bertz CT molecular complexity index is 2520. The van der Waals surface area contributed by atoms with Gasteiger partial charge in [0.25, 0.3) is 5.91 Å². The molecule has 2 aromatic carbocycles. The van der Waals surface area contributed by atoms with Crippen molar-refractivity contribution in [2.45, 2.75) is 104 Å². The Morgan fingerprint density at radius 2 is 1.83 bits per heavy atom. The van der Waals surface area contributed by atoms with Crippen LogP contribution in [0, 0.1) is 11.3 Å². The van der Waals surface area contributed by atoms with E-state index in [4.69, 9.17) is 14.5 Å². The first-order valence-electron chi connectivity index (χ1n) is 22.8. The molecule has 8 rings (SSSR count). The van der Waals surface area contributed by atoms with Gasteiger partial charge in [0.15, 0.2) is 0 Å². The minimum absolute atomic E-state index is 0.116. The minimum atomic E-state index is -1.05. The molecule has 0 aliphatic carbocycles. The van der Waals surface area contributed by atoms with E-state index < -0.39 is 46.9 Å². The van der Waals surface area contributed by atoms with Crippen molar-refractivity contribution in [2.75, 3.05) is 40.0 Å². The van der Waals surface area contributed by atoms with Gasteiger partial charge >= 0.3 is 5.97 Å². The van der Waals surface area contributed by atoms with E-state index in [-0.39, 0.29) is 56.6 Å². The number of hydrogen-bond acceptors (Lipinski definition) is 10. The highest BCUT2D eigenvalue weighted by atomic mass is 16.5. The minimum Gasteiger partial charge on any atom is -0.464 e. The van der Waals surface area contributed by atoms with Crippen LogP contribution in [0.1, 0.15) is 77.3 Å². The first kappa shape index (κ1) is 45.7. The van der Waals surface area contributed by atoms with Crippen molar-refractivity contribution in [2.24, 2.45) is 11.3 Å². The molecule has 4 aliphatic rings. The highest BCUT2D eigenvalue weighted by Crippen LogP contribution is 2.42. The number of hydrazine groups is 1. The van der Waals surface area contributed by atoms with Crippen molar-refractivity contribution in [3.63, 3.8) is 0 Å². The molecular weight excluding hydrogens is 825 g/mol. The quantitative estimate of drug-likeness (QED) is 0.155. The Balaban J connectivity index is 1.18. The number of pyridine rings is 1. The van der Waals surface area contributed by atoms with Crippen LogP contribution in [0.25, 0.3) is 33.3 Å². The van der Waals surface area contributed by atoms with Crippen LogP contribution in [0.5, 0.6) is 0 Å². The fourth-order valence-corrected chi connectivity index (χ4v) is 10.1. The number of benzene rings is 2. The number of cyclic esters (lactones) is 1. The molecule has 15 heteroatoms. The number of aromatic nitrogens is 2. The lowest BCUT2D eigenvalue weighted by molar-refractivity contribution is -0.155. The number of methoxy groups -OCH3 is 1. The summed E-state index contributed by atoms with van der Waals surface area (Å²) in [7, 11) is 1.69. The third-order valence-electron chi connectivity index (χ3n) is 13.5. The van der Waals surface area contributed by atoms with E-state index in [1.54, 1.807) is 13.3 Å². The number of nitrogens with zero attached hydrogens (tertiary/aromatic N) is 5. The normalized spacial score (nSPS) is 21.8. The van der Waals surface area contributed by atoms with Gasteiger partial charge in [0.1, 0.15) is 23.7 Å². The van der Waals surface area contributed by atoms with Crippen LogP contribution < -0.4 is 16.1 Å². The lowest BCUT2D eigenvalue weighted by Crippen LogP contribution is -2.72. The van der Waals surface area contributed by atoms with Crippen LogP contribution in [0.15, 0.2) is 73.4 Å². The number of aryl methyl sites for hydroxylation is 1. The molecule has 3 fully saturated rings. The van der Waals surface area contributed by atoms with Crippen molar-refractivity contribution in [1.82, 2.24) is 40.4 Å². The zero-order chi connectivity index (χ0) is 46.4. The molecule has 15 nitrogen and oxygen atoms in total. The maximum absolute atomic E-state index is 14.7. The smallest absolute Gasteiger partial charge is 0.324 e. The maximum Gasteiger partial charge on any atom is 0.324 e. The highest BCUT2D eigenvalue weighted by Gasteiger charge is 2.58. The average molecular weight is 887 g/mol. The standard InChI is InChI=1S/C50H62N8O7/c1-9-41(59)55-26-50(27-55)48(63)57(29-52-50)43(30(3)4)45(60)53-39-23-32-14-11-15-33(22-32)34-18-19-40-36(24-34)37(44(56(40)10-2)35-16-12-20-51-42(35)31(5)64-8)25-49(6,7)28-65-47(62)38-17-13-21-58(54-38)46(39)61/h9,11-12,14-16,18-20,22,24,30-31,38-39,43,52,54H,1,10,13,17,21,23,25-29H2,2-8H3,(H,53,60)/t31-,38-,39-,43-/m0/s1. The van der Waals surface area contributed by atoms with Crippen molar-refractivity contribution >= 4 is 40.5 Å². The summed E-state index contributed by atoms with van der Waals surface area (Å²) in [6.07, 6.45) is 4.51. The lowest BCUT2D eigenvalue weighted by Gasteiger charge is -2.46. The van der Waals surface area contributed by atoms with Gasteiger partial charge in [0.2, 0.25) is 17.7 Å². The van der Waals surface area contributed by atoms with Crippen LogP contribution in [0.2, 0.25) is 0 Å². The molecular formula is C50H62N8O7. The van der Waals surface area contributed by atoms with Crippen LogP contribution >= 0.6 is 0 Å². The monoisotopic (exact) mass is 886 g/mol. The van der Waals surface area contributed by atoms with Gasteiger partial charge in [-0.25, -0.2) is 5.43 Å². The van der Waals surface area contributed by atoms with Crippen molar-refractivity contribution in [1.29, 1.82) is 0 Å². The molecule has 344 valence electrons. The number of carbonyl (C=O) groups excluding carboxylic acids is 5. The molecule has 4 aliphatic heterocycles. The van der Waals surface area contributed by atoms with E-state index in [1.807, 2.05) is 39.0 Å². The molecule has 4 aromatic rings. The Morgan fingerprint density at radius 3 is 2.55 bits per heavy atom. The van der Waals surface area contributed by atoms with Crippen molar-refractivity contribution < 1.29 is 33.4 Å². The molecule has 4 atom stereocenters. The van der Waals surface area contributed by atoms with Gasteiger partial charge in [-0.05, 0) is 91.6 Å². The Kier molecular flexibility index (Phi) is 12.8. The molecule has 65 heavy (non-hydrogen) atoms. The number of ether oxygens (including phenoxy) is 2. The first-order valence-corrected chi connectivity index (χ1v) is 22.8. The summed E-state index contributed by atoms with van der Waals surface area (Å²) in [5.41, 5.74) is 9.47. The molecule has 4 amide bonds. The lowest BCUT2D eigenvalue weighted by atomic mass is 9.84. The summed E-state index contributed by atoms with van der Waals surface area (Å²) < 4.78 is 14.3. The average Bonchev–Trinajstić information content (AvgIpc) is 3.79. The second kappa shape index (κ2) is 18.2. The Labute approximate surface area is 380 Å². The SMILES string of the molecule is C=CC(=O)N1CC2(C1)NCN([C@H](C(=O)N[C@H]1Cc3cccc(c3)-c3ccc4c(c3)c(c(-c3cccnc3[C@H](C)OC)n4CC)CC(C)(C)COC(=O)[C@@H]3CCCN(N3)C1=O)C(C)C)C2=O. The fourth-order valence-electron chi connectivity index (χ4n) is 10.1. The van der Waals surface area contributed by atoms with Gasteiger partial charge in [0.05, 0.1) is 43.9 Å². The molecule has 1 spiro atoms. The second-order valence-corrected chi connectivity index (χ2v) is 19.1. The first-order chi connectivity index (χ1) is 31.1. The second-order valence-electron chi connectivity index (χ2n) is 19.1. The Morgan fingerprint density at radius 1 is 1.06 bits per heavy atom. The number of amides is 4. The van der Waals surface area contributed by atoms with Gasteiger partial charge in [0, 0.05) is 54.7 Å². The molecule has 0 unspecified atom stereocenters. The number of likely N-dealkylation sites (tertiary alicyclic amines) is 1. The molecule has 6 bridgehead atoms. The van der Waals surface area contributed by atoms with E-state index >= 15 is 0 Å². The summed E-state index contributed by atoms with van der Waals surface area (Å²) in [6, 6.07) is 15.8. The molecule has 3 saturated heterocycles. The van der Waals surface area contributed by atoms with Crippen LogP contribution in [0.4, 0.5) is 0 Å². The summed E-state index contributed by atoms with van der Waals surface area (Å²) in [6.45, 7) is 17.3. The number of carbonyl (C=O) groups is 5. The van der Waals surface area contributed by atoms with E-state index in [2.05, 4.69) is 84.4 Å². The number of fused-ring (bicyclic) bond motifs is 6. The van der Waals surface area contributed by atoms with Gasteiger partial charge in [-0.2, -0.15) is 0 Å². The number of rotatable bonds is 9. The number of hydrogen-bond donors (Lipinski definition) is 3. The van der Waals surface area contributed by atoms with Crippen LogP contribution in [0.3, 0.4) is 0 Å². The summed E-state index contributed by atoms with van der Waals surface area (Å²) >= 11 is 0. The van der Waals surface area contributed by atoms with Crippen molar-refractivity contribution in [3.05, 3.63) is 90.3 Å². The number of nitrogens with one attached hydrogen (secondary N) is 3. The number of esters is 1. The van der Waals surface area contributed by atoms with Crippen LogP contribution in [-0.2, 0) is 52.8 Å². The Hall–Kier alpha value is -5.90. The predicted molar refractivity (Wildman–Crippen MR) is 247 cm³/mol. The summed E-state index contributed by atoms with van der Waals surface area (Å²) in [5, 5.41) is 8.84. The third kappa shape index (κ3) is 8.68. The van der Waals surface area contributed by atoms with Crippen molar-refractivity contribution in [3.8, 4) is 22.4 Å². The van der Waals surface area contributed by atoms with E-state index in [1.165, 1.54) is 20.9 Å². The van der Waals surface area contributed by atoms with Gasteiger partial charge in [-0.3, -0.25) is 39.3 Å². The molecule has 6 heterocycles. The third-order valence-corrected chi connectivity index (χ3v) is 13.5. The largest absolute Gasteiger partial charge is 0.464 e. The molecule has 0 saturated carbocycles. The van der Waals surface area contributed by atoms with E-state index in [0.29, 0.717) is 32.4 Å². The highest BCUT2D eigenvalue weighted by molar-refractivity contribution is 5.99. The molecule has 2 aromatic heterocycles. The van der Waals surface area contributed by atoms with Gasteiger partial charge < -0.3 is 29.2 Å². The molecule has 3 N–H and O–H groups in total. The van der Waals surface area contributed by atoms with Gasteiger partial charge in [-0.15, -0.1) is 0 Å². The maximum atomic E-state index is 14.7. The summed E-state index contributed by atoms with van der Waals surface area (Å²) in [5.74, 6) is -2.16. The van der Waals surface area contributed by atoms with E-state index in [9.17, 15) is 24.0 Å². The zero-order valence-electron chi connectivity index (χ0n) is 38.6. The van der Waals surface area contributed by atoms with Crippen LogP contribution in [-0.4, -0.2) is 118 Å². The van der Waals surface area contributed by atoms with Gasteiger partial charge in [-0.1, -0.05) is 64.6 Å². The summed E-state index contributed by atoms with van der Waals surface area (Å²) in [4.78, 5) is 77.3. The topological polar surface area (TPSA) is 167 Å². The van der Waals surface area contributed by atoms with E-state index in [0.717, 1.165) is 50.1 Å². The predicted octanol–water partition coefficient (Wildman–Crippen LogP) is 4.93.